The Morgan fingerprint density at radius 1 is 1.00 bits per heavy atom. The van der Waals surface area contributed by atoms with Gasteiger partial charge in [-0.15, -0.1) is 0 Å². The quantitative estimate of drug-likeness (QED) is 0.742. The molecular formula is C15H14Br2FNO2. The largest absolute Gasteiger partial charge is 0.495 e. The highest BCUT2D eigenvalue weighted by Crippen LogP contribution is 2.34. The average molecular weight is 419 g/mol. The summed E-state index contributed by atoms with van der Waals surface area (Å²) in [5.41, 5.74) is 1.69. The van der Waals surface area contributed by atoms with E-state index in [4.69, 9.17) is 9.47 Å². The lowest BCUT2D eigenvalue weighted by Crippen LogP contribution is -2.01. The first kappa shape index (κ1) is 16.1. The molecule has 0 radical (unpaired) electrons. The van der Waals surface area contributed by atoms with E-state index in [-0.39, 0.29) is 11.6 Å². The standard InChI is InChI=1S/C15H14Br2FNO2/c1-20-14-4-3-9(5-12(14)18)8-19-13-7-15(21-2)11(17)6-10(13)16/h3-7,19H,8H2,1-2H3. The summed E-state index contributed by atoms with van der Waals surface area (Å²) < 4.78 is 25.5. The van der Waals surface area contributed by atoms with Gasteiger partial charge in [-0.25, -0.2) is 4.39 Å². The summed E-state index contributed by atoms with van der Waals surface area (Å²) in [5.74, 6) is 0.594. The second-order valence-electron chi connectivity index (χ2n) is 4.29. The average Bonchev–Trinajstić information content (AvgIpc) is 2.46. The van der Waals surface area contributed by atoms with E-state index in [1.54, 1.807) is 13.2 Å². The molecule has 0 aliphatic rings. The molecule has 0 bridgehead atoms. The molecule has 0 heterocycles. The molecule has 0 atom stereocenters. The minimum absolute atomic E-state index is 0.241. The van der Waals surface area contributed by atoms with Gasteiger partial charge in [-0.2, -0.15) is 0 Å². The van der Waals surface area contributed by atoms with Crippen molar-refractivity contribution in [3.8, 4) is 11.5 Å². The van der Waals surface area contributed by atoms with E-state index in [9.17, 15) is 4.39 Å². The Morgan fingerprint density at radius 2 is 1.71 bits per heavy atom. The molecule has 0 unspecified atom stereocenters. The smallest absolute Gasteiger partial charge is 0.165 e. The van der Waals surface area contributed by atoms with Crippen molar-refractivity contribution in [2.45, 2.75) is 6.54 Å². The fraction of sp³-hybridized carbons (Fsp3) is 0.200. The molecule has 0 fully saturated rings. The highest BCUT2D eigenvalue weighted by molar-refractivity contribution is 9.11. The van der Waals surface area contributed by atoms with Crippen molar-refractivity contribution >= 4 is 37.5 Å². The van der Waals surface area contributed by atoms with Crippen molar-refractivity contribution in [2.24, 2.45) is 0 Å². The van der Waals surface area contributed by atoms with Crippen LogP contribution in [0, 0.1) is 5.82 Å². The number of methoxy groups -OCH3 is 2. The summed E-state index contributed by atoms with van der Waals surface area (Å²) in [7, 11) is 3.05. The van der Waals surface area contributed by atoms with Crippen molar-refractivity contribution < 1.29 is 13.9 Å². The van der Waals surface area contributed by atoms with Crippen LogP contribution in [-0.2, 0) is 6.54 Å². The second kappa shape index (κ2) is 7.13. The highest BCUT2D eigenvalue weighted by Gasteiger charge is 2.08. The van der Waals surface area contributed by atoms with Crippen LogP contribution in [0.25, 0.3) is 0 Å². The molecule has 2 aromatic carbocycles. The van der Waals surface area contributed by atoms with E-state index in [1.165, 1.54) is 13.2 Å². The number of anilines is 1. The van der Waals surface area contributed by atoms with Crippen molar-refractivity contribution in [1.82, 2.24) is 0 Å². The van der Waals surface area contributed by atoms with Gasteiger partial charge in [0.25, 0.3) is 0 Å². The van der Waals surface area contributed by atoms with Gasteiger partial charge in [0.15, 0.2) is 11.6 Å². The number of hydrogen-bond donors (Lipinski definition) is 1. The molecule has 0 aliphatic heterocycles. The molecular weight excluding hydrogens is 405 g/mol. The SMILES string of the molecule is COc1ccc(CNc2cc(OC)c(Br)cc2Br)cc1F. The summed E-state index contributed by atoms with van der Waals surface area (Å²) in [5, 5.41) is 3.24. The lowest BCUT2D eigenvalue weighted by molar-refractivity contribution is 0.386. The molecule has 2 aromatic rings. The number of hydrogen-bond acceptors (Lipinski definition) is 3. The Labute approximate surface area is 139 Å². The van der Waals surface area contributed by atoms with Gasteiger partial charge in [-0.1, -0.05) is 6.07 Å². The van der Waals surface area contributed by atoms with Crippen LogP contribution in [-0.4, -0.2) is 14.2 Å². The minimum atomic E-state index is -0.371. The molecule has 0 spiro atoms. The molecule has 0 aliphatic carbocycles. The molecule has 3 nitrogen and oxygen atoms in total. The lowest BCUT2D eigenvalue weighted by Gasteiger charge is -2.12. The van der Waals surface area contributed by atoms with Gasteiger partial charge >= 0.3 is 0 Å². The highest BCUT2D eigenvalue weighted by atomic mass is 79.9. The van der Waals surface area contributed by atoms with Crippen LogP contribution in [0.4, 0.5) is 10.1 Å². The van der Waals surface area contributed by atoms with Crippen molar-refractivity contribution in [3.05, 3.63) is 50.7 Å². The Bertz CT molecular complexity index is 650. The van der Waals surface area contributed by atoms with Crippen LogP contribution in [0.3, 0.4) is 0 Å². The Morgan fingerprint density at radius 3 is 2.33 bits per heavy atom. The fourth-order valence-corrected chi connectivity index (χ4v) is 3.13. The molecule has 21 heavy (non-hydrogen) atoms. The second-order valence-corrected chi connectivity index (χ2v) is 6.00. The van der Waals surface area contributed by atoms with Crippen LogP contribution in [0.15, 0.2) is 39.3 Å². The van der Waals surface area contributed by atoms with E-state index >= 15 is 0 Å². The van der Waals surface area contributed by atoms with Gasteiger partial charge in [0.05, 0.1) is 24.4 Å². The number of ether oxygens (including phenoxy) is 2. The zero-order chi connectivity index (χ0) is 15.4. The van der Waals surface area contributed by atoms with Gasteiger partial charge in [-0.05, 0) is 55.6 Å². The predicted molar refractivity (Wildman–Crippen MR) is 88.7 cm³/mol. The van der Waals surface area contributed by atoms with Crippen LogP contribution in [0.5, 0.6) is 11.5 Å². The number of benzene rings is 2. The van der Waals surface area contributed by atoms with E-state index in [2.05, 4.69) is 37.2 Å². The molecule has 112 valence electrons. The van der Waals surface area contributed by atoms with Crippen LogP contribution in [0.2, 0.25) is 0 Å². The minimum Gasteiger partial charge on any atom is -0.495 e. The van der Waals surface area contributed by atoms with Crippen LogP contribution < -0.4 is 14.8 Å². The van der Waals surface area contributed by atoms with Crippen LogP contribution in [0.1, 0.15) is 5.56 Å². The Kier molecular flexibility index (Phi) is 5.47. The van der Waals surface area contributed by atoms with Gasteiger partial charge in [-0.3, -0.25) is 0 Å². The molecule has 6 heteroatoms. The Balaban J connectivity index is 2.14. The zero-order valence-corrected chi connectivity index (χ0v) is 14.7. The third-order valence-electron chi connectivity index (χ3n) is 2.94. The maximum absolute atomic E-state index is 13.6. The predicted octanol–water partition coefficient (Wildman–Crippen LogP) is 4.98. The first-order chi connectivity index (χ1) is 10.0. The first-order valence-corrected chi connectivity index (χ1v) is 7.73. The summed E-state index contributed by atoms with van der Waals surface area (Å²) >= 11 is 6.90. The van der Waals surface area contributed by atoms with Crippen molar-refractivity contribution in [3.63, 3.8) is 0 Å². The van der Waals surface area contributed by atoms with Gasteiger partial charge in [0.1, 0.15) is 5.75 Å². The van der Waals surface area contributed by atoms with Crippen molar-refractivity contribution in [2.75, 3.05) is 19.5 Å². The third kappa shape index (κ3) is 3.89. The van der Waals surface area contributed by atoms with Gasteiger partial charge in [0, 0.05) is 17.1 Å². The zero-order valence-electron chi connectivity index (χ0n) is 11.5. The summed E-state index contributed by atoms with van der Waals surface area (Å²) in [6.45, 7) is 0.490. The number of nitrogens with one attached hydrogen (secondary N) is 1. The molecule has 1 N–H and O–H groups in total. The van der Waals surface area contributed by atoms with Gasteiger partial charge in [0.2, 0.25) is 0 Å². The topological polar surface area (TPSA) is 30.5 Å². The third-order valence-corrected chi connectivity index (χ3v) is 4.22. The fourth-order valence-electron chi connectivity index (χ4n) is 1.84. The van der Waals surface area contributed by atoms with Crippen LogP contribution >= 0.6 is 31.9 Å². The Hall–Kier alpha value is -1.27. The van der Waals surface area contributed by atoms with Crippen molar-refractivity contribution in [1.29, 1.82) is 0 Å². The molecule has 0 amide bonds. The van der Waals surface area contributed by atoms with E-state index in [0.29, 0.717) is 6.54 Å². The normalized spacial score (nSPS) is 10.3. The summed E-state index contributed by atoms with van der Waals surface area (Å²) in [4.78, 5) is 0. The molecule has 0 aromatic heterocycles. The summed E-state index contributed by atoms with van der Waals surface area (Å²) in [6.07, 6.45) is 0. The molecule has 0 saturated carbocycles. The lowest BCUT2D eigenvalue weighted by atomic mass is 10.2. The van der Waals surface area contributed by atoms with E-state index in [0.717, 1.165) is 25.9 Å². The van der Waals surface area contributed by atoms with E-state index in [1.807, 2.05) is 18.2 Å². The first-order valence-electron chi connectivity index (χ1n) is 6.14. The molecule has 0 saturated heterocycles. The van der Waals surface area contributed by atoms with Gasteiger partial charge < -0.3 is 14.8 Å². The molecule has 2 rings (SSSR count). The summed E-state index contributed by atoms with van der Waals surface area (Å²) in [6, 6.07) is 8.65. The number of rotatable bonds is 5. The number of halogens is 3. The maximum atomic E-state index is 13.6. The maximum Gasteiger partial charge on any atom is 0.165 e. The monoisotopic (exact) mass is 417 g/mol. The van der Waals surface area contributed by atoms with E-state index < -0.39 is 0 Å².